The lowest BCUT2D eigenvalue weighted by molar-refractivity contribution is -0.144. The van der Waals surface area contributed by atoms with E-state index in [-0.39, 0.29) is 17.3 Å². The zero-order valence-electron chi connectivity index (χ0n) is 12.8. The summed E-state index contributed by atoms with van der Waals surface area (Å²) in [7, 11) is 0. The molecule has 0 radical (unpaired) electrons. The van der Waals surface area contributed by atoms with Crippen LogP contribution in [0.25, 0.3) is 0 Å². The largest absolute Gasteiger partial charge is 0.465 e. The van der Waals surface area contributed by atoms with Gasteiger partial charge in [-0.25, -0.2) is 0 Å². The summed E-state index contributed by atoms with van der Waals surface area (Å²) in [5.41, 5.74) is 0.539. The lowest BCUT2D eigenvalue weighted by Crippen LogP contribution is -2.18. The van der Waals surface area contributed by atoms with Crippen LogP contribution in [0.3, 0.4) is 0 Å². The molecule has 0 aliphatic rings. The first-order chi connectivity index (χ1) is 9.93. The van der Waals surface area contributed by atoms with Gasteiger partial charge in [-0.3, -0.25) is 4.79 Å². The fourth-order valence-electron chi connectivity index (χ4n) is 1.91. The predicted octanol–water partition coefficient (Wildman–Crippen LogP) is 3.06. The second kappa shape index (κ2) is 6.08. The molecule has 112 valence electrons. The minimum Gasteiger partial charge on any atom is -0.465 e. The van der Waals surface area contributed by atoms with Gasteiger partial charge in [0.2, 0.25) is 5.89 Å². The summed E-state index contributed by atoms with van der Waals surface area (Å²) in [5.74, 6) is -0.227. The maximum Gasteiger partial charge on any atom is 0.323 e. The van der Waals surface area contributed by atoms with Crippen molar-refractivity contribution in [3.63, 3.8) is 0 Å². The first kappa shape index (κ1) is 15.2. The highest BCUT2D eigenvalue weighted by Crippen LogP contribution is 2.27. The summed E-state index contributed by atoms with van der Waals surface area (Å²) in [6, 6.07) is 9.32. The van der Waals surface area contributed by atoms with E-state index in [1.807, 2.05) is 51.1 Å². The van der Waals surface area contributed by atoms with Crippen molar-refractivity contribution in [3.8, 4) is 0 Å². The van der Waals surface area contributed by atoms with Gasteiger partial charge in [0.1, 0.15) is 0 Å². The molecule has 0 aliphatic carbocycles. The van der Waals surface area contributed by atoms with E-state index in [9.17, 15) is 4.79 Å². The normalized spacial score (nSPS) is 13.0. The van der Waals surface area contributed by atoms with Crippen LogP contribution in [-0.4, -0.2) is 22.7 Å². The molecule has 5 nitrogen and oxygen atoms in total. The number of esters is 1. The van der Waals surface area contributed by atoms with Crippen molar-refractivity contribution in [1.29, 1.82) is 0 Å². The molecule has 5 heteroatoms. The van der Waals surface area contributed by atoms with Gasteiger partial charge in [0.05, 0.1) is 6.61 Å². The Labute approximate surface area is 124 Å². The number of ether oxygens (including phenoxy) is 1. The van der Waals surface area contributed by atoms with Crippen molar-refractivity contribution in [2.45, 2.75) is 39.0 Å². The maximum atomic E-state index is 12.3. The molecule has 0 saturated heterocycles. The standard InChI is InChI=1S/C16H20N2O3/c1-5-20-14(19)12(11-9-7-6-8-10-11)13-17-15(18-21-13)16(2,3)4/h6-10,12H,5H2,1-4H3. The molecule has 0 N–H and O–H groups in total. The molecule has 1 unspecified atom stereocenters. The third kappa shape index (κ3) is 3.48. The molecule has 0 bridgehead atoms. The number of carbonyl (C=O) groups is 1. The Morgan fingerprint density at radius 3 is 2.48 bits per heavy atom. The van der Waals surface area contributed by atoms with Crippen molar-refractivity contribution in [2.24, 2.45) is 0 Å². The first-order valence-electron chi connectivity index (χ1n) is 6.99. The second-order valence-corrected chi connectivity index (χ2v) is 5.80. The molecule has 2 aromatic rings. The Morgan fingerprint density at radius 2 is 1.95 bits per heavy atom. The molecular weight excluding hydrogens is 268 g/mol. The van der Waals surface area contributed by atoms with Gasteiger partial charge in [0, 0.05) is 5.41 Å². The highest BCUT2D eigenvalue weighted by molar-refractivity contribution is 5.80. The predicted molar refractivity (Wildman–Crippen MR) is 77.9 cm³/mol. The van der Waals surface area contributed by atoms with Gasteiger partial charge in [-0.15, -0.1) is 0 Å². The SMILES string of the molecule is CCOC(=O)C(c1ccccc1)c1nc(C(C)(C)C)no1. The molecule has 1 atom stereocenters. The van der Waals surface area contributed by atoms with Crippen LogP contribution in [0.2, 0.25) is 0 Å². The number of hydrogen-bond acceptors (Lipinski definition) is 5. The Balaban J connectivity index is 2.41. The van der Waals surface area contributed by atoms with Crippen molar-refractivity contribution in [1.82, 2.24) is 10.1 Å². The van der Waals surface area contributed by atoms with Crippen LogP contribution >= 0.6 is 0 Å². The molecule has 1 heterocycles. The van der Waals surface area contributed by atoms with Crippen LogP contribution in [0.5, 0.6) is 0 Å². The van der Waals surface area contributed by atoms with E-state index in [2.05, 4.69) is 10.1 Å². The molecule has 1 aromatic heterocycles. The highest BCUT2D eigenvalue weighted by Gasteiger charge is 2.31. The zero-order valence-corrected chi connectivity index (χ0v) is 12.8. The number of aromatic nitrogens is 2. The van der Waals surface area contributed by atoms with E-state index in [4.69, 9.17) is 9.26 Å². The van der Waals surface area contributed by atoms with E-state index < -0.39 is 5.92 Å². The van der Waals surface area contributed by atoms with Crippen molar-refractivity contribution in [3.05, 3.63) is 47.6 Å². The first-order valence-corrected chi connectivity index (χ1v) is 6.99. The fraction of sp³-hybridized carbons (Fsp3) is 0.438. The molecule has 1 aromatic carbocycles. The number of nitrogens with zero attached hydrogens (tertiary/aromatic N) is 2. The van der Waals surface area contributed by atoms with Crippen LogP contribution < -0.4 is 0 Å². The number of benzene rings is 1. The molecule has 0 saturated carbocycles. The maximum absolute atomic E-state index is 12.3. The lowest BCUT2D eigenvalue weighted by Gasteiger charge is -2.13. The summed E-state index contributed by atoms with van der Waals surface area (Å²) in [6.45, 7) is 8.05. The van der Waals surface area contributed by atoms with E-state index >= 15 is 0 Å². The monoisotopic (exact) mass is 288 g/mol. The Bertz CT molecular complexity index is 599. The Morgan fingerprint density at radius 1 is 1.29 bits per heavy atom. The van der Waals surface area contributed by atoms with Gasteiger partial charge in [-0.2, -0.15) is 4.98 Å². The lowest BCUT2D eigenvalue weighted by atomic mass is 9.95. The van der Waals surface area contributed by atoms with Crippen LogP contribution in [0.4, 0.5) is 0 Å². The quantitative estimate of drug-likeness (QED) is 0.809. The van der Waals surface area contributed by atoms with Gasteiger partial charge in [-0.05, 0) is 12.5 Å². The highest BCUT2D eigenvalue weighted by atomic mass is 16.5. The van der Waals surface area contributed by atoms with Crippen molar-refractivity contribution in [2.75, 3.05) is 6.61 Å². The number of hydrogen-bond donors (Lipinski definition) is 0. The minimum absolute atomic E-state index is 0.238. The van der Waals surface area contributed by atoms with Crippen molar-refractivity contribution < 1.29 is 14.1 Å². The van der Waals surface area contributed by atoms with Crippen LogP contribution in [0.1, 0.15) is 50.9 Å². The third-order valence-electron chi connectivity index (χ3n) is 3.01. The second-order valence-electron chi connectivity index (χ2n) is 5.80. The molecule has 2 rings (SSSR count). The number of carbonyl (C=O) groups excluding carboxylic acids is 1. The van der Waals surface area contributed by atoms with E-state index in [0.717, 1.165) is 5.56 Å². The smallest absolute Gasteiger partial charge is 0.323 e. The molecule has 0 fully saturated rings. The molecular formula is C16H20N2O3. The summed E-state index contributed by atoms with van der Waals surface area (Å²) in [5, 5.41) is 3.98. The van der Waals surface area contributed by atoms with Crippen molar-refractivity contribution >= 4 is 5.97 Å². The average Bonchev–Trinajstić information content (AvgIpc) is 2.90. The Hall–Kier alpha value is -2.17. The molecule has 0 aliphatic heterocycles. The van der Waals surface area contributed by atoms with Gasteiger partial charge >= 0.3 is 5.97 Å². The third-order valence-corrected chi connectivity index (χ3v) is 3.01. The van der Waals surface area contributed by atoms with Crippen LogP contribution in [0.15, 0.2) is 34.9 Å². The van der Waals surface area contributed by atoms with Gasteiger partial charge in [0.15, 0.2) is 11.7 Å². The van der Waals surface area contributed by atoms with Crippen LogP contribution in [0, 0.1) is 0 Å². The summed E-state index contributed by atoms with van der Waals surface area (Å²) in [4.78, 5) is 16.6. The zero-order chi connectivity index (χ0) is 15.5. The number of rotatable bonds is 4. The molecule has 21 heavy (non-hydrogen) atoms. The van der Waals surface area contributed by atoms with E-state index in [1.54, 1.807) is 6.92 Å². The van der Waals surface area contributed by atoms with Crippen LogP contribution in [-0.2, 0) is 14.9 Å². The van der Waals surface area contributed by atoms with E-state index in [1.165, 1.54) is 0 Å². The fourth-order valence-corrected chi connectivity index (χ4v) is 1.91. The van der Waals surface area contributed by atoms with Gasteiger partial charge < -0.3 is 9.26 Å². The average molecular weight is 288 g/mol. The minimum atomic E-state index is -0.685. The van der Waals surface area contributed by atoms with Gasteiger partial charge in [-0.1, -0.05) is 56.3 Å². The molecule has 0 spiro atoms. The summed E-state index contributed by atoms with van der Waals surface area (Å²) < 4.78 is 10.5. The Kier molecular flexibility index (Phi) is 4.40. The molecule has 0 amide bonds. The summed E-state index contributed by atoms with van der Waals surface area (Å²) in [6.07, 6.45) is 0. The van der Waals surface area contributed by atoms with Gasteiger partial charge in [0.25, 0.3) is 0 Å². The van der Waals surface area contributed by atoms with E-state index in [0.29, 0.717) is 12.4 Å². The topological polar surface area (TPSA) is 65.2 Å². The summed E-state index contributed by atoms with van der Waals surface area (Å²) >= 11 is 0.